The molecule has 37 heavy (non-hydrogen) atoms. The highest BCUT2D eigenvalue weighted by Crippen LogP contribution is 2.41. The van der Waals surface area contributed by atoms with Gasteiger partial charge in [0, 0.05) is 5.56 Å². The summed E-state index contributed by atoms with van der Waals surface area (Å²) in [5.74, 6) is -0.392. The largest absolute Gasteiger partial charge is 0.507 e. The number of amides is 1. The molecule has 0 saturated carbocycles. The SMILES string of the molecule is COc1ccc(-c2cc(C(C)(C)C)c(O)c(C(=O)Nc3ccc(S(=O)(=O)C(F)(F)F)cc3Cl)c2C)cc1. The summed E-state index contributed by atoms with van der Waals surface area (Å²) in [5.41, 5.74) is -3.87. The lowest BCUT2D eigenvalue weighted by Crippen LogP contribution is -2.23. The molecule has 0 aliphatic rings. The molecule has 3 aromatic rings. The summed E-state index contributed by atoms with van der Waals surface area (Å²) in [5, 5.41) is 13.2. The van der Waals surface area contributed by atoms with Crippen LogP contribution in [0.5, 0.6) is 11.5 Å². The average Bonchev–Trinajstić information content (AvgIpc) is 2.79. The lowest BCUT2D eigenvalue weighted by molar-refractivity contribution is -0.0436. The van der Waals surface area contributed by atoms with E-state index in [-0.39, 0.29) is 17.0 Å². The molecule has 3 aromatic carbocycles. The number of benzene rings is 3. The highest BCUT2D eigenvalue weighted by Gasteiger charge is 2.47. The van der Waals surface area contributed by atoms with E-state index in [0.29, 0.717) is 34.6 Å². The Morgan fingerprint density at radius 1 is 1.03 bits per heavy atom. The number of methoxy groups -OCH3 is 1. The summed E-state index contributed by atoms with van der Waals surface area (Å²) in [4.78, 5) is 12.3. The van der Waals surface area contributed by atoms with Gasteiger partial charge in [0.2, 0.25) is 0 Å². The quantitative estimate of drug-likeness (QED) is 0.358. The minimum atomic E-state index is -5.62. The number of halogens is 4. The van der Waals surface area contributed by atoms with Crippen LogP contribution in [0.3, 0.4) is 0 Å². The number of hydrogen-bond donors (Lipinski definition) is 2. The number of rotatable bonds is 5. The summed E-state index contributed by atoms with van der Waals surface area (Å²) >= 11 is 6.04. The zero-order valence-electron chi connectivity index (χ0n) is 20.6. The molecule has 0 spiro atoms. The van der Waals surface area contributed by atoms with Gasteiger partial charge in [0.25, 0.3) is 15.7 Å². The van der Waals surface area contributed by atoms with E-state index in [2.05, 4.69) is 5.32 Å². The van der Waals surface area contributed by atoms with Crippen molar-refractivity contribution in [3.05, 3.63) is 70.2 Å². The van der Waals surface area contributed by atoms with Crippen LogP contribution in [0.2, 0.25) is 5.02 Å². The standard InChI is InChI=1S/C26H25ClF3NO5S/c1-14-18(15-6-8-16(36-5)9-7-15)13-19(25(2,3)4)23(32)22(14)24(33)31-21-11-10-17(12-20(21)27)37(34,35)26(28,29)30/h6-13,32H,1-5H3,(H,31,33). The van der Waals surface area contributed by atoms with Gasteiger partial charge in [-0.15, -0.1) is 0 Å². The number of phenolic OH excluding ortho intramolecular Hbond substituents is 1. The van der Waals surface area contributed by atoms with E-state index < -0.39 is 36.6 Å². The topological polar surface area (TPSA) is 92.7 Å². The van der Waals surface area contributed by atoms with Crippen LogP contribution in [-0.2, 0) is 15.3 Å². The Kier molecular flexibility index (Phi) is 7.58. The Balaban J connectivity index is 2.11. The number of alkyl halides is 3. The maximum Gasteiger partial charge on any atom is 0.501 e. The van der Waals surface area contributed by atoms with E-state index >= 15 is 0 Å². The van der Waals surface area contributed by atoms with Crippen molar-refractivity contribution in [2.24, 2.45) is 0 Å². The normalized spacial score (nSPS) is 12.4. The van der Waals surface area contributed by atoms with Gasteiger partial charge in [-0.25, -0.2) is 8.42 Å². The van der Waals surface area contributed by atoms with E-state index in [0.717, 1.165) is 11.6 Å². The molecule has 198 valence electrons. The summed E-state index contributed by atoms with van der Waals surface area (Å²) in [6.07, 6.45) is 0. The van der Waals surface area contributed by atoms with Gasteiger partial charge in [-0.3, -0.25) is 4.79 Å². The number of phenols is 1. The Bertz CT molecular complexity index is 1460. The Morgan fingerprint density at radius 2 is 1.62 bits per heavy atom. The zero-order valence-corrected chi connectivity index (χ0v) is 22.2. The van der Waals surface area contributed by atoms with Crippen molar-refractivity contribution >= 4 is 33.0 Å². The lowest BCUT2D eigenvalue weighted by Gasteiger charge is -2.25. The van der Waals surface area contributed by atoms with Gasteiger partial charge in [-0.1, -0.05) is 44.5 Å². The molecule has 0 atom stereocenters. The van der Waals surface area contributed by atoms with E-state index in [9.17, 15) is 31.5 Å². The number of ether oxygens (including phenoxy) is 1. The van der Waals surface area contributed by atoms with Crippen LogP contribution in [0.15, 0.2) is 53.4 Å². The van der Waals surface area contributed by atoms with Crippen molar-refractivity contribution in [2.75, 3.05) is 12.4 Å². The molecular formula is C26H25ClF3NO5S. The number of carbonyl (C=O) groups excluding carboxylic acids is 1. The fourth-order valence-electron chi connectivity index (χ4n) is 3.77. The van der Waals surface area contributed by atoms with Crippen LogP contribution in [0, 0.1) is 6.92 Å². The Labute approximate surface area is 218 Å². The first-order valence-electron chi connectivity index (χ1n) is 10.9. The van der Waals surface area contributed by atoms with Crippen molar-refractivity contribution in [3.8, 4) is 22.6 Å². The third-order valence-corrected chi connectivity index (χ3v) is 7.60. The van der Waals surface area contributed by atoms with Crippen molar-refractivity contribution in [1.82, 2.24) is 0 Å². The second-order valence-electron chi connectivity index (χ2n) is 9.34. The van der Waals surface area contributed by atoms with Crippen LogP contribution in [-0.4, -0.2) is 32.0 Å². The minimum Gasteiger partial charge on any atom is -0.507 e. The maximum atomic E-state index is 13.4. The summed E-state index contributed by atoms with van der Waals surface area (Å²) in [7, 11) is -4.08. The zero-order chi connectivity index (χ0) is 27.9. The molecule has 3 rings (SSSR count). The fraction of sp³-hybridized carbons (Fsp3) is 0.269. The molecule has 11 heteroatoms. The lowest BCUT2D eigenvalue weighted by atomic mass is 9.81. The molecule has 0 fully saturated rings. The molecule has 0 bridgehead atoms. The molecule has 0 unspecified atom stereocenters. The number of hydrogen-bond acceptors (Lipinski definition) is 5. The first-order chi connectivity index (χ1) is 17.0. The molecule has 2 N–H and O–H groups in total. The molecule has 0 aliphatic carbocycles. The predicted molar refractivity (Wildman–Crippen MR) is 136 cm³/mol. The van der Waals surface area contributed by atoms with Crippen molar-refractivity contribution in [1.29, 1.82) is 0 Å². The first kappa shape index (κ1) is 28.3. The van der Waals surface area contributed by atoms with Gasteiger partial charge < -0.3 is 15.2 Å². The second-order valence-corrected chi connectivity index (χ2v) is 11.7. The summed E-state index contributed by atoms with van der Waals surface area (Å²) in [6, 6.07) is 11.2. The predicted octanol–water partition coefficient (Wildman–Crippen LogP) is 6.87. The molecule has 0 radical (unpaired) electrons. The van der Waals surface area contributed by atoms with Crippen LogP contribution < -0.4 is 10.1 Å². The van der Waals surface area contributed by atoms with Crippen molar-refractivity contribution in [3.63, 3.8) is 0 Å². The Hall–Kier alpha value is -3.24. The summed E-state index contributed by atoms with van der Waals surface area (Å²) in [6.45, 7) is 7.26. The van der Waals surface area contributed by atoms with E-state index in [1.54, 1.807) is 25.1 Å². The second kappa shape index (κ2) is 9.90. The molecule has 0 saturated heterocycles. The molecule has 0 aromatic heterocycles. The van der Waals surface area contributed by atoms with Crippen LogP contribution in [0.1, 0.15) is 42.3 Å². The van der Waals surface area contributed by atoms with Crippen LogP contribution in [0.25, 0.3) is 11.1 Å². The fourth-order valence-corrected chi connectivity index (χ4v) is 4.85. The van der Waals surface area contributed by atoms with Gasteiger partial charge in [-0.05, 0) is 65.4 Å². The Morgan fingerprint density at radius 3 is 2.11 bits per heavy atom. The monoisotopic (exact) mass is 555 g/mol. The van der Waals surface area contributed by atoms with Crippen molar-refractivity contribution < 1.29 is 36.2 Å². The van der Waals surface area contributed by atoms with Gasteiger partial charge in [0.1, 0.15) is 11.5 Å². The van der Waals surface area contributed by atoms with Crippen LogP contribution >= 0.6 is 11.6 Å². The maximum absolute atomic E-state index is 13.4. The highest BCUT2D eigenvalue weighted by molar-refractivity contribution is 7.92. The number of nitrogens with one attached hydrogen (secondary N) is 1. The first-order valence-corrected chi connectivity index (χ1v) is 12.8. The van der Waals surface area contributed by atoms with Crippen LogP contribution in [0.4, 0.5) is 18.9 Å². The summed E-state index contributed by atoms with van der Waals surface area (Å²) < 4.78 is 67.2. The van der Waals surface area contributed by atoms with E-state index in [1.807, 2.05) is 32.9 Å². The smallest absolute Gasteiger partial charge is 0.501 e. The van der Waals surface area contributed by atoms with Crippen molar-refractivity contribution in [2.45, 2.75) is 43.5 Å². The number of anilines is 1. The number of carbonyl (C=O) groups is 1. The van der Waals surface area contributed by atoms with Gasteiger partial charge in [-0.2, -0.15) is 13.2 Å². The van der Waals surface area contributed by atoms with E-state index in [4.69, 9.17) is 16.3 Å². The minimum absolute atomic E-state index is 0.0544. The van der Waals surface area contributed by atoms with Gasteiger partial charge in [0.15, 0.2) is 0 Å². The molecule has 1 amide bonds. The third-order valence-electron chi connectivity index (χ3n) is 5.80. The highest BCUT2D eigenvalue weighted by atomic mass is 35.5. The third kappa shape index (κ3) is 5.55. The molecule has 0 aliphatic heterocycles. The molecule has 0 heterocycles. The van der Waals surface area contributed by atoms with E-state index in [1.165, 1.54) is 7.11 Å². The van der Waals surface area contributed by atoms with Gasteiger partial charge in [0.05, 0.1) is 28.3 Å². The number of aromatic hydroxyl groups is 1. The average molecular weight is 556 g/mol. The molecular weight excluding hydrogens is 531 g/mol. The number of sulfone groups is 1. The molecule has 6 nitrogen and oxygen atoms in total. The van der Waals surface area contributed by atoms with Gasteiger partial charge >= 0.3 is 5.51 Å².